The number of anilines is 1. The minimum atomic E-state index is -5.44. The molecule has 5 aromatic rings. The Morgan fingerprint density at radius 1 is 0.902 bits per heavy atom. The van der Waals surface area contributed by atoms with Crippen LogP contribution in [0.15, 0.2) is 103 Å². The van der Waals surface area contributed by atoms with Gasteiger partial charge in [0.15, 0.2) is 0 Å². The van der Waals surface area contributed by atoms with Crippen molar-refractivity contribution < 1.29 is 37.1 Å². The number of imide groups is 1. The number of nitrogens with two attached hydrogens (primary N) is 1. The molecule has 0 radical (unpaired) electrons. The molecule has 51 heavy (non-hydrogen) atoms. The average Bonchev–Trinajstić information content (AvgIpc) is 3.10. The number of urea groups is 1. The van der Waals surface area contributed by atoms with Gasteiger partial charge in [-0.2, -0.15) is 13.2 Å². The molecule has 1 aromatic heterocycles. The molecule has 1 saturated heterocycles. The fraction of sp³-hybridized carbons (Fsp3) is 0.237. The summed E-state index contributed by atoms with van der Waals surface area (Å²) >= 11 is 0. The van der Waals surface area contributed by atoms with Gasteiger partial charge >= 0.3 is 24.3 Å². The van der Waals surface area contributed by atoms with E-state index < -0.39 is 60.8 Å². The van der Waals surface area contributed by atoms with Gasteiger partial charge in [-0.05, 0) is 70.6 Å². The number of fused-ring (bicyclic) bond motifs is 2. The van der Waals surface area contributed by atoms with Crippen molar-refractivity contribution in [3.05, 3.63) is 120 Å². The summed E-state index contributed by atoms with van der Waals surface area (Å²) in [6.45, 7) is 2.90. The standard InChI is InChI=1S/C38H34F3N5O5/c1-22(27-15-7-11-25-9-3-5-13-29(25)27)44-36(49)46-32(31(34(46)47)19-24-17-18-43-33(42)20-24)21-45(37(50)51-35(48)38(39,40)41)23(2)28-16-8-12-26-10-4-6-14-30(26)28/h3-18,20,22-23,31-32H,19,21H2,1-2H3,(H2,42,43)(H,44,49)/t22-,23-,31-,32-/m1/s1. The summed E-state index contributed by atoms with van der Waals surface area (Å²) in [6.07, 6.45) is -5.46. The first kappa shape index (κ1) is 34.9. The monoisotopic (exact) mass is 697 g/mol. The van der Waals surface area contributed by atoms with Crippen molar-refractivity contribution in [2.45, 2.75) is 44.6 Å². The number of benzene rings is 4. The lowest BCUT2D eigenvalue weighted by Crippen LogP contribution is -2.69. The zero-order valence-corrected chi connectivity index (χ0v) is 27.6. The number of β-lactam (4-membered cyclic amide) rings is 1. The number of likely N-dealkylation sites (tertiary alicyclic amines) is 1. The van der Waals surface area contributed by atoms with Crippen molar-refractivity contribution in [1.82, 2.24) is 20.1 Å². The van der Waals surface area contributed by atoms with E-state index in [1.54, 1.807) is 50.2 Å². The van der Waals surface area contributed by atoms with Gasteiger partial charge in [-0.15, -0.1) is 0 Å². The Kier molecular flexibility index (Phi) is 9.64. The Hall–Kier alpha value is -5.98. The number of ether oxygens (including phenoxy) is 1. The van der Waals surface area contributed by atoms with Crippen LogP contribution < -0.4 is 11.1 Å². The van der Waals surface area contributed by atoms with Crippen LogP contribution in [0.3, 0.4) is 0 Å². The van der Waals surface area contributed by atoms with E-state index in [2.05, 4.69) is 15.0 Å². The predicted molar refractivity (Wildman–Crippen MR) is 184 cm³/mol. The van der Waals surface area contributed by atoms with Crippen LogP contribution in [0.25, 0.3) is 21.5 Å². The topological polar surface area (TPSA) is 135 Å². The number of halogens is 3. The first-order chi connectivity index (χ1) is 24.3. The van der Waals surface area contributed by atoms with Crippen molar-refractivity contribution in [2.24, 2.45) is 5.92 Å². The third-order valence-corrected chi connectivity index (χ3v) is 9.27. The summed E-state index contributed by atoms with van der Waals surface area (Å²) in [7, 11) is 0. The van der Waals surface area contributed by atoms with Crippen LogP contribution in [0.4, 0.5) is 28.6 Å². The first-order valence-corrected chi connectivity index (χ1v) is 16.2. The maximum absolute atomic E-state index is 13.9. The molecular formula is C38H34F3N5O5. The molecule has 0 unspecified atom stereocenters. The van der Waals surface area contributed by atoms with Gasteiger partial charge in [-0.25, -0.2) is 19.4 Å². The van der Waals surface area contributed by atoms with E-state index in [1.165, 1.54) is 6.20 Å². The van der Waals surface area contributed by atoms with Gasteiger partial charge in [0, 0.05) is 12.7 Å². The van der Waals surface area contributed by atoms with Gasteiger partial charge in [0.05, 0.1) is 24.0 Å². The number of pyridine rings is 1. The van der Waals surface area contributed by atoms with E-state index >= 15 is 0 Å². The zero-order chi connectivity index (χ0) is 36.4. The summed E-state index contributed by atoms with van der Waals surface area (Å²) in [4.78, 5) is 59.0. The first-order valence-electron chi connectivity index (χ1n) is 16.2. The second-order valence-corrected chi connectivity index (χ2v) is 12.5. The van der Waals surface area contributed by atoms with Crippen molar-refractivity contribution in [3.63, 3.8) is 0 Å². The van der Waals surface area contributed by atoms with Gasteiger partial charge in [-0.1, -0.05) is 84.9 Å². The minimum Gasteiger partial charge on any atom is -0.384 e. The zero-order valence-electron chi connectivity index (χ0n) is 27.6. The molecule has 4 aromatic carbocycles. The SMILES string of the molecule is C[C@H](c1cccc2ccccc12)N(C[C@@H]1[C@@H](Cc2ccnc(N)c2)C(=O)N1C(=O)N[C@H](C)c1cccc2ccccc12)C(=O)OC(=O)C(F)(F)F. The molecule has 0 aliphatic carbocycles. The second-order valence-electron chi connectivity index (χ2n) is 12.5. The molecule has 262 valence electrons. The predicted octanol–water partition coefficient (Wildman–Crippen LogP) is 7.10. The van der Waals surface area contributed by atoms with Gasteiger partial charge in [0.1, 0.15) is 5.82 Å². The number of nitrogens with one attached hydrogen (secondary N) is 1. The number of carbonyl (C=O) groups is 4. The molecule has 1 aliphatic rings. The van der Waals surface area contributed by atoms with Crippen LogP contribution in [-0.4, -0.2) is 57.5 Å². The fourth-order valence-corrected chi connectivity index (χ4v) is 6.69. The molecule has 4 atom stereocenters. The van der Waals surface area contributed by atoms with Crippen molar-refractivity contribution >= 4 is 51.4 Å². The Morgan fingerprint density at radius 3 is 2.12 bits per heavy atom. The largest absolute Gasteiger partial charge is 0.491 e. The van der Waals surface area contributed by atoms with E-state index in [0.717, 1.165) is 31.5 Å². The summed E-state index contributed by atoms with van der Waals surface area (Å²) in [6, 6.07) is 25.7. The number of aromatic nitrogens is 1. The lowest BCUT2D eigenvalue weighted by Gasteiger charge is -2.48. The van der Waals surface area contributed by atoms with Gasteiger partial charge in [-0.3, -0.25) is 14.6 Å². The molecule has 0 saturated carbocycles. The van der Waals surface area contributed by atoms with Crippen molar-refractivity contribution in [2.75, 3.05) is 12.3 Å². The minimum absolute atomic E-state index is 0.0892. The number of rotatable bonds is 8. The molecule has 4 amide bonds. The van der Waals surface area contributed by atoms with Gasteiger partial charge < -0.3 is 15.8 Å². The fourth-order valence-electron chi connectivity index (χ4n) is 6.69. The number of nitrogens with zero attached hydrogens (tertiary/aromatic N) is 3. The van der Waals surface area contributed by atoms with Crippen LogP contribution in [0.2, 0.25) is 0 Å². The Morgan fingerprint density at radius 2 is 1.49 bits per heavy atom. The summed E-state index contributed by atoms with van der Waals surface area (Å²) in [5.74, 6) is -3.93. The quantitative estimate of drug-likeness (QED) is 0.100. The highest BCUT2D eigenvalue weighted by Crippen LogP contribution is 2.36. The lowest BCUT2D eigenvalue weighted by atomic mass is 9.82. The van der Waals surface area contributed by atoms with E-state index in [-0.39, 0.29) is 12.2 Å². The number of hydrogen-bond acceptors (Lipinski definition) is 7. The van der Waals surface area contributed by atoms with Crippen LogP contribution in [0.1, 0.15) is 42.6 Å². The summed E-state index contributed by atoms with van der Waals surface area (Å²) < 4.78 is 44.2. The Bertz CT molecular complexity index is 2130. The van der Waals surface area contributed by atoms with Crippen LogP contribution in [0, 0.1) is 5.92 Å². The summed E-state index contributed by atoms with van der Waals surface area (Å²) in [5.41, 5.74) is 7.85. The molecule has 2 heterocycles. The number of alkyl halides is 3. The van der Waals surface area contributed by atoms with E-state index in [1.807, 2.05) is 60.7 Å². The Labute approximate surface area is 291 Å². The highest BCUT2D eigenvalue weighted by molar-refractivity contribution is 6.02. The molecule has 3 N–H and O–H groups in total. The number of nitrogen functional groups attached to an aromatic ring is 1. The van der Waals surface area contributed by atoms with Crippen LogP contribution in [0.5, 0.6) is 0 Å². The van der Waals surface area contributed by atoms with E-state index in [4.69, 9.17) is 5.73 Å². The second kappa shape index (κ2) is 14.1. The smallest absolute Gasteiger partial charge is 0.384 e. The highest BCUT2D eigenvalue weighted by atomic mass is 19.4. The number of hydrogen-bond donors (Lipinski definition) is 2. The molecule has 13 heteroatoms. The number of esters is 1. The molecule has 6 rings (SSSR count). The van der Waals surface area contributed by atoms with Crippen molar-refractivity contribution in [3.8, 4) is 0 Å². The van der Waals surface area contributed by atoms with E-state index in [0.29, 0.717) is 16.5 Å². The maximum atomic E-state index is 13.9. The lowest BCUT2D eigenvalue weighted by molar-refractivity contribution is -0.194. The molecule has 0 spiro atoms. The Balaban J connectivity index is 1.35. The molecule has 1 aliphatic heterocycles. The third kappa shape index (κ3) is 7.18. The van der Waals surface area contributed by atoms with Gasteiger partial charge in [0.2, 0.25) is 5.91 Å². The number of amides is 4. The van der Waals surface area contributed by atoms with Gasteiger partial charge in [0.25, 0.3) is 0 Å². The molecule has 0 bridgehead atoms. The van der Waals surface area contributed by atoms with Crippen LogP contribution >= 0.6 is 0 Å². The average molecular weight is 698 g/mol. The van der Waals surface area contributed by atoms with Crippen molar-refractivity contribution in [1.29, 1.82) is 0 Å². The molecular weight excluding hydrogens is 663 g/mol. The molecule has 10 nitrogen and oxygen atoms in total. The third-order valence-electron chi connectivity index (χ3n) is 9.27. The van der Waals surface area contributed by atoms with E-state index in [9.17, 15) is 32.3 Å². The number of carbonyl (C=O) groups excluding carboxylic acids is 4. The highest BCUT2D eigenvalue weighted by Gasteiger charge is 2.53. The molecule has 1 fully saturated rings. The summed E-state index contributed by atoms with van der Waals surface area (Å²) in [5, 5.41) is 6.25. The van der Waals surface area contributed by atoms with Crippen LogP contribution in [-0.2, 0) is 20.7 Å². The normalized spacial score (nSPS) is 17.0. The maximum Gasteiger partial charge on any atom is 0.491 e.